The van der Waals surface area contributed by atoms with E-state index in [0.717, 1.165) is 49.7 Å². The van der Waals surface area contributed by atoms with Gasteiger partial charge in [-0.15, -0.1) is 0 Å². The number of aromatic hydroxyl groups is 1. The van der Waals surface area contributed by atoms with E-state index in [9.17, 15) is 10.2 Å². The maximum atomic E-state index is 12.2. The molecule has 186 valence electrons. The van der Waals surface area contributed by atoms with Gasteiger partial charge in [-0.3, -0.25) is 0 Å². The summed E-state index contributed by atoms with van der Waals surface area (Å²) < 4.78 is 13.5. The lowest BCUT2D eigenvalue weighted by Crippen LogP contribution is -2.80. The summed E-state index contributed by atoms with van der Waals surface area (Å²) in [6, 6.07) is 4.04. The van der Waals surface area contributed by atoms with Crippen LogP contribution in [0.25, 0.3) is 0 Å². The van der Waals surface area contributed by atoms with Crippen LogP contribution in [0.3, 0.4) is 0 Å². The second kappa shape index (κ2) is 6.35. The predicted octanol–water partition coefficient (Wildman–Crippen LogP) is 5.76. The number of rotatable bonds is 4. The average Bonchev–Trinajstić information content (AvgIpc) is 3.53. The lowest BCUT2D eigenvalue weighted by atomic mass is 9.30. The van der Waals surface area contributed by atoms with E-state index in [4.69, 9.17) is 9.47 Å². The fourth-order valence-electron chi connectivity index (χ4n) is 10.2. The monoisotopic (exact) mass is 466 g/mol. The summed E-state index contributed by atoms with van der Waals surface area (Å²) in [6.07, 6.45) is 10.6. The highest BCUT2D eigenvalue weighted by atomic mass is 16.6. The van der Waals surface area contributed by atoms with Crippen molar-refractivity contribution in [1.82, 2.24) is 0 Å². The van der Waals surface area contributed by atoms with Gasteiger partial charge in [0.15, 0.2) is 11.5 Å². The van der Waals surface area contributed by atoms with Gasteiger partial charge < -0.3 is 19.7 Å². The first-order valence-corrected chi connectivity index (χ1v) is 13.8. The van der Waals surface area contributed by atoms with Crippen LogP contribution in [-0.4, -0.2) is 34.6 Å². The highest BCUT2D eigenvalue weighted by molar-refractivity contribution is 5.63. The summed E-state index contributed by atoms with van der Waals surface area (Å²) >= 11 is 0. The molecule has 1 aromatic rings. The second-order valence-electron chi connectivity index (χ2n) is 14.2. The molecule has 2 unspecified atom stereocenters. The van der Waals surface area contributed by atoms with Crippen LogP contribution >= 0.6 is 0 Å². The van der Waals surface area contributed by atoms with Crippen LogP contribution in [0, 0.1) is 34.5 Å². The molecule has 5 fully saturated rings. The molecule has 2 spiro atoms. The van der Waals surface area contributed by atoms with Crippen molar-refractivity contribution < 1.29 is 19.7 Å². The fraction of sp³-hybridized carbons (Fsp3) is 0.800. The Morgan fingerprint density at radius 3 is 2.53 bits per heavy atom. The van der Waals surface area contributed by atoms with E-state index in [2.05, 4.69) is 26.8 Å². The Morgan fingerprint density at radius 2 is 1.85 bits per heavy atom. The molecular formula is C30H42O4. The predicted molar refractivity (Wildman–Crippen MR) is 131 cm³/mol. The number of hydrogen-bond donors (Lipinski definition) is 2. The molecule has 8 atom stereocenters. The first-order chi connectivity index (χ1) is 16.0. The highest BCUT2D eigenvalue weighted by Crippen LogP contribution is 2.80. The zero-order valence-corrected chi connectivity index (χ0v) is 21.6. The van der Waals surface area contributed by atoms with Crippen LogP contribution in [0.2, 0.25) is 0 Å². The normalized spacial score (nSPS) is 45.5. The minimum atomic E-state index is -0.890. The maximum Gasteiger partial charge on any atom is 0.165 e. The van der Waals surface area contributed by atoms with Crippen LogP contribution in [0.5, 0.6) is 11.5 Å². The van der Waals surface area contributed by atoms with E-state index in [1.807, 2.05) is 20.1 Å². The molecule has 34 heavy (non-hydrogen) atoms. The standard InChI is InChI=1S/C30H42O4/c1-26(2,3)27(4,32)22-16-28-12-13-30(22,33-5)25-29(28)11-10-18(14-17-6-7-17)20(28)15-19-8-9-21(31)24(34-25)23(19)29/h8-9,17-18,20,22,25,31-32H,6-7,10-16H2,1-5H3/t18?,20-,22+,25+,27?,28+,29-,30+/m0/s1. The molecule has 4 heteroatoms. The smallest absolute Gasteiger partial charge is 0.165 e. The first-order valence-electron chi connectivity index (χ1n) is 13.8. The molecule has 6 aliphatic carbocycles. The number of aliphatic hydroxyl groups is 1. The molecule has 8 rings (SSSR count). The van der Waals surface area contributed by atoms with Gasteiger partial charge in [0.05, 0.1) is 5.60 Å². The van der Waals surface area contributed by atoms with E-state index in [0.29, 0.717) is 5.92 Å². The third-order valence-electron chi connectivity index (χ3n) is 12.3. The number of fused-ring (bicyclic) bond motifs is 2. The van der Waals surface area contributed by atoms with Crippen molar-refractivity contribution in [2.75, 3.05) is 7.11 Å². The molecule has 0 aromatic heterocycles. The van der Waals surface area contributed by atoms with Gasteiger partial charge in [0.1, 0.15) is 11.7 Å². The molecule has 1 aromatic carbocycles. The number of hydrogen-bond acceptors (Lipinski definition) is 4. The zero-order chi connectivity index (χ0) is 23.9. The van der Waals surface area contributed by atoms with Crippen molar-refractivity contribution >= 4 is 0 Å². The molecule has 4 nitrogen and oxygen atoms in total. The lowest BCUT2D eigenvalue weighted by molar-refractivity contribution is -0.314. The molecule has 5 saturated carbocycles. The number of phenolic OH excluding ortho intramolecular Hbond substituents is 1. The van der Waals surface area contributed by atoms with Gasteiger partial charge in [0.2, 0.25) is 0 Å². The Kier molecular flexibility index (Phi) is 4.10. The summed E-state index contributed by atoms with van der Waals surface area (Å²) in [6.45, 7) is 8.54. The van der Waals surface area contributed by atoms with Crippen LogP contribution < -0.4 is 4.74 Å². The van der Waals surface area contributed by atoms with E-state index >= 15 is 0 Å². The van der Waals surface area contributed by atoms with Crippen molar-refractivity contribution in [3.63, 3.8) is 0 Å². The Labute approximate surface area is 204 Å². The Morgan fingerprint density at radius 1 is 1.09 bits per heavy atom. The first kappa shape index (κ1) is 22.0. The molecule has 4 bridgehead atoms. The summed E-state index contributed by atoms with van der Waals surface area (Å²) in [5.74, 6) is 3.33. The molecule has 0 saturated heterocycles. The van der Waals surface area contributed by atoms with Gasteiger partial charge in [-0.1, -0.05) is 39.7 Å². The molecule has 1 heterocycles. The molecule has 7 aliphatic rings. The summed E-state index contributed by atoms with van der Waals surface area (Å²) in [5, 5.41) is 23.2. The summed E-state index contributed by atoms with van der Waals surface area (Å²) in [7, 11) is 1.84. The second-order valence-corrected chi connectivity index (χ2v) is 14.2. The van der Waals surface area contributed by atoms with Gasteiger partial charge in [-0.2, -0.15) is 0 Å². The highest BCUT2D eigenvalue weighted by Gasteiger charge is 2.82. The van der Waals surface area contributed by atoms with Crippen molar-refractivity contribution in [3.05, 3.63) is 23.3 Å². The topological polar surface area (TPSA) is 58.9 Å². The van der Waals surface area contributed by atoms with Crippen molar-refractivity contribution in [3.8, 4) is 11.5 Å². The minimum absolute atomic E-state index is 0.00273. The van der Waals surface area contributed by atoms with Crippen LogP contribution in [0.15, 0.2) is 12.1 Å². The SMILES string of the molecule is CO[C@]12CC[C@@]3(C[C@@H]1C(C)(O)C(C)(C)C)[C@H]1Cc4ccc(O)c5c4[C@@]3(CCC1CC1CC1)[C@H]2O5. The third kappa shape index (κ3) is 2.26. The summed E-state index contributed by atoms with van der Waals surface area (Å²) in [4.78, 5) is 0. The average molecular weight is 467 g/mol. The van der Waals surface area contributed by atoms with E-state index in [1.165, 1.54) is 36.8 Å². The Balaban J connectivity index is 1.47. The van der Waals surface area contributed by atoms with Crippen LogP contribution in [-0.2, 0) is 16.6 Å². The van der Waals surface area contributed by atoms with Crippen molar-refractivity contribution in [1.29, 1.82) is 0 Å². The Bertz CT molecular complexity index is 1050. The molecule has 0 radical (unpaired) electrons. The van der Waals surface area contributed by atoms with Gasteiger partial charge in [0.25, 0.3) is 0 Å². The van der Waals surface area contributed by atoms with Gasteiger partial charge in [-0.25, -0.2) is 0 Å². The third-order valence-corrected chi connectivity index (χ3v) is 12.3. The maximum absolute atomic E-state index is 12.2. The van der Waals surface area contributed by atoms with E-state index in [-0.39, 0.29) is 34.0 Å². The van der Waals surface area contributed by atoms with Crippen molar-refractivity contribution in [2.24, 2.45) is 34.5 Å². The van der Waals surface area contributed by atoms with Gasteiger partial charge >= 0.3 is 0 Å². The molecule has 1 aliphatic heterocycles. The molecule has 0 amide bonds. The Hall–Kier alpha value is -1.26. The largest absolute Gasteiger partial charge is 0.504 e. The number of ether oxygens (including phenoxy) is 2. The fourth-order valence-corrected chi connectivity index (χ4v) is 10.2. The van der Waals surface area contributed by atoms with Crippen LogP contribution in [0.1, 0.15) is 90.2 Å². The molecule has 2 N–H and O–H groups in total. The minimum Gasteiger partial charge on any atom is -0.504 e. The van der Waals surface area contributed by atoms with Gasteiger partial charge in [-0.05, 0) is 92.1 Å². The summed E-state index contributed by atoms with van der Waals surface area (Å²) in [5.41, 5.74) is 1.02. The number of phenols is 1. The number of benzene rings is 1. The quantitative estimate of drug-likeness (QED) is 0.593. The zero-order valence-electron chi connectivity index (χ0n) is 21.6. The van der Waals surface area contributed by atoms with Gasteiger partial charge in [0, 0.05) is 24.0 Å². The van der Waals surface area contributed by atoms with Crippen LogP contribution in [0.4, 0.5) is 0 Å². The van der Waals surface area contributed by atoms with E-state index in [1.54, 1.807) is 0 Å². The lowest BCUT2D eigenvalue weighted by Gasteiger charge is -2.75. The van der Waals surface area contributed by atoms with E-state index < -0.39 is 11.2 Å². The molecular weight excluding hydrogens is 424 g/mol. The number of methoxy groups -OCH3 is 1. The van der Waals surface area contributed by atoms with Crippen molar-refractivity contribution in [2.45, 2.75) is 108 Å².